The van der Waals surface area contributed by atoms with Crippen LogP contribution >= 0.6 is 11.6 Å². The van der Waals surface area contributed by atoms with Crippen LogP contribution < -0.4 is 9.62 Å². The van der Waals surface area contributed by atoms with Gasteiger partial charge in [0.25, 0.3) is 15.9 Å². The van der Waals surface area contributed by atoms with Crippen molar-refractivity contribution in [2.45, 2.75) is 44.6 Å². The molecule has 1 aliphatic rings. The van der Waals surface area contributed by atoms with Gasteiger partial charge in [-0.2, -0.15) is 0 Å². The molecule has 0 atom stereocenters. The second-order valence-corrected chi connectivity index (χ2v) is 12.4. The Morgan fingerprint density at radius 1 is 1.03 bits per heavy atom. The van der Waals surface area contributed by atoms with E-state index in [0.29, 0.717) is 22.8 Å². The summed E-state index contributed by atoms with van der Waals surface area (Å²) in [6.45, 7) is 8.18. The number of benzene rings is 3. The highest BCUT2D eigenvalue weighted by Gasteiger charge is 2.26. The number of aryl methyl sites for hydroxylation is 1. The first kappa shape index (κ1) is 28.1. The Kier molecular flexibility index (Phi) is 9.47. The fraction of sp³-hybridized carbons (Fsp3) is 0.367. The van der Waals surface area contributed by atoms with Gasteiger partial charge in [0.1, 0.15) is 0 Å². The third-order valence-corrected chi connectivity index (χ3v) is 9.14. The van der Waals surface area contributed by atoms with E-state index in [2.05, 4.69) is 17.1 Å². The minimum absolute atomic E-state index is 0.106. The first-order valence-corrected chi connectivity index (χ1v) is 15.0. The molecule has 4 rings (SSSR count). The number of likely N-dealkylation sites (tertiary alicyclic amines) is 1. The highest BCUT2D eigenvalue weighted by Crippen LogP contribution is 2.31. The number of hydrogen-bond donors (Lipinski definition) is 1. The molecule has 1 N–H and O–H groups in total. The Morgan fingerprint density at radius 2 is 1.71 bits per heavy atom. The van der Waals surface area contributed by atoms with E-state index in [-0.39, 0.29) is 17.3 Å². The summed E-state index contributed by atoms with van der Waals surface area (Å²) in [6.07, 6.45) is 3.42. The van der Waals surface area contributed by atoms with Crippen LogP contribution in [0.2, 0.25) is 5.02 Å². The highest BCUT2D eigenvalue weighted by atomic mass is 35.5. The summed E-state index contributed by atoms with van der Waals surface area (Å²) in [4.78, 5) is 15.3. The van der Waals surface area contributed by atoms with Crippen molar-refractivity contribution in [2.75, 3.05) is 30.5 Å². The first-order valence-electron chi connectivity index (χ1n) is 13.2. The molecule has 0 aromatic heterocycles. The molecule has 3 aromatic rings. The zero-order valence-electron chi connectivity index (χ0n) is 22.1. The van der Waals surface area contributed by atoms with Crippen LogP contribution in [0, 0.1) is 12.8 Å². The topological polar surface area (TPSA) is 69.7 Å². The lowest BCUT2D eigenvalue weighted by Crippen LogP contribution is -2.35. The number of halogens is 1. The van der Waals surface area contributed by atoms with E-state index in [4.69, 9.17) is 11.6 Å². The van der Waals surface area contributed by atoms with Crippen LogP contribution in [-0.2, 0) is 16.6 Å². The molecule has 1 heterocycles. The Balaban J connectivity index is 1.43. The van der Waals surface area contributed by atoms with E-state index < -0.39 is 10.0 Å². The summed E-state index contributed by atoms with van der Waals surface area (Å²) in [6, 6.07) is 20.7. The molecular formula is C30H36ClN3O3S. The molecule has 1 aliphatic heterocycles. The van der Waals surface area contributed by atoms with Gasteiger partial charge in [0.05, 0.1) is 17.1 Å². The summed E-state index contributed by atoms with van der Waals surface area (Å²) in [5.74, 6) is 0.692. The van der Waals surface area contributed by atoms with Gasteiger partial charge in [-0.25, -0.2) is 8.42 Å². The van der Waals surface area contributed by atoms with Crippen molar-refractivity contribution in [3.05, 3.63) is 94.5 Å². The van der Waals surface area contributed by atoms with Gasteiger partial charge in [-0.15, -0.1) is 0 Å². The molecule has 1 saturated heterocycles. The van der Waals surface area contributed by atoms with Crippen molar-refractivity contribution in [2.24, 2.45) is 5.92 Å². The number of rotatable bonds is 10. The monoisotopic (exact) mass is 553 g/mol. The summed E-state index contributed by atoms with van der Waals surface area (Å²) in [5.41, 5.74) is 2.63. The van der Waals surface area contributed by atoms with Crippen LogP contribution in [0.25, 0.3) is 0 Å². The molecule has 0 aliphatic carbocycles. The van der Waals surface area contributed by atoms with Crippen LogP contribution in [0.1, 0.15) is 47.7 Å². The number of nitrogens with zero attached hydrogens (tertiary/aromatic N) is 2. The van der Waals surface area contributed by atoms with Crippen LogP contribution in [0.15, 0.2) is 77.7 Å². The smallest absolute Gasteiger partial charge is 0.264 e. The molecular weight excluding hydrogens is 518 g/mol. The molecule has 0 radical (unpaired) electrons. The van der Waals surface area contributed by atoms with Crippen molar-refractivity contribution >= 4 is 33.2 Å². The Labute approximate surface area is 231 Å². The quantitative estimate of drug-likeness (QED) is 0.318. The van der Waals surface area contributed by atoms with E-state index in [0.717, 1.165) is 43.1 Å². The lowest BCUT2D eigenvalue weighted by Gasteiger charge is -2.30. The summed E-state index contributed by atoms with van der Waals surface area (Å²) in [7, 11) is -3.85. The number of piperidine rings is 1. The minimum Gasteiger partial charge on any atom is -0.352 e. The molecule has 38 heavy (non-hydrogen) atoms. The molecule has 0 spiro atoms. The number of anilines is 1. The van der Waals surface area contributed by atoms with Crippen molar-refractivity contribution in [1.29, 1.82) is 0 Å². The molecule has 1 fully saturated rings. The van der Waals surface area contributed by atoms with Crippen molar-refractivity contribution in [3.63, 3.8) is 0 Å². The molecule has 202 valence electrons. The summed E-state index contributed by atoms with van der Waals surface area (Å²) < 4.78 is 28.7. The lowest BCUT2D eigenvalue weighted by molar-refractivity contribution is 0.0950. The summed E-state index contributed by atoms with van der Waals surface area (Å²) >= 11 is 6.25. The predicted molar refractivity (Wildman–Crippen MR) is 154 cm³/mol. The van der Waals surface area contributed by atoms with Gasteiger partial charge in [-0.05, 0) is 99.3 Å². The molecule has 1 amide bonds. The standard InChI is InChI=1S/C30H36ClN3O3S/c1-23-15-19-33(20-16-23)18-6-17-32-30(35)26-12-10-25(11-13-26)22-34(29-21-27(31)14-9-24(29)2)38(36,37)28-7-4-3-5-8-28/h3-5,7-14,21,23H,6,15-20,22H2,1-2H3,(H,32,35). The molecule has 8 heteroatoms. The van der Waals surface area contributed by atoms with E-state index in [1.807, 2.05) is 13.0 Å². The van der Waals surface area contributed by atoms with E-state index >= 15 is 0 Å². The number of sulfonamides is 1. The number of nitrogens with one attached hydrogen (secondary N) is 1. The van der Waals surface area contributed by atoms with Gasteiger partial charge in [-0.1, -0.05) is 54.9 Å². The predicted octanol–water partition coefficient (Wildman–Crippen LogP) is 5.90. The fourth-order valence-electron chi connectivity index (χ4n) is 4.69. The molecule has 6 nitrogen and oxygen atoms in total. The van der Waals surface area contributed by atoms with Gasteiger partial charge in [0.15, 0.2) is 0 Å². The second-order valence-electron chi connectivity index (χ2n) is 10.1. The second kappa shape index (κ2) is 12.8. The number of hydrogen-bond acceptors (Lipinski definition) is 4. The Morgan fingerprint density at radius 3 is 2.39 bits per heavy atom. The Bertz CT molecular complexity index is 1320. The first-order chi connectivity index (χ1) is 18.2. The largest absolute Gasteiger partial charge is 0.352 e. The molecule has 3 aromatic carbocycles. The van der Waals surface area contributed by atoms with E-state index in [1.165, 1.54) is 17.1 Å². The highest BCUT2D eigenvalue weighted by molar-refractivity contribution is 7.92. The van der Waals surface area contributed by atoms with Gasteiger partial charge >= 0.3 is 0 Å². The van der Waals surface area contributed by atoms with Gasteiger partial charge in [-0.3, -0.25) is 9.10 Å². The average molecular weight is 554 g/mol. The zero-order valence-corrected chi connectivity index (χ0v) is 23.6. The molecule has 0 unspecified atom stereocenters. The number of carbonyl (C=O) groups is 1. The SMILES string of the molecule is Cc1ccc(Cl)cc1N(Cc1ccc(C(=O)NCCCN2CCC(C)CC2)cc1)S(=O)(=O)c1ccccc1. The van der Waals surface area contributed by atoms with Gasteiger partial charge in [0.2, 0.25) is 0 Å². The average Bonchev–Trinajstić information content (AvgIpc) is 2.93. The van der Waals surface area contributed by atoms with Crippen molar-refractivity contribution < 1.29 is 13.2 Å². The van der Waals surface area contributed by atoms with Gasteiger partial charge in [0, 0.05) is 17.1 Å². The van der Waals surface area contributed by atoms with E-state index in [9.17, 15) is 13.2 Å². The normalized spacial score (nSPS) is 14.8. The maximum absolute atomic E-state index is 13.7. The maximum atomic E-state index is 13.7. The van der Waals surface area contributed by atoms with Crippen molar-refractivity contribution in [1.82, 2.24) is 10.2 Å². The van der Waals surface area contributed by atoms with Crippen LogP contribution in [0.5, 0.6) is 0 Å². The minimum atomic E-state index is -3.85. The lowest BCUT2D eigenvalue weighted by atomic mass is 9.99. The Hall–Kier alpha value is -2.87. The number of amides is 1. The fourth-order valence-corrected chi connectivity index (χ4v) is 6.39. The van der Waals surface area contributed by atoms with Crippen LogP contribution in [0.4, 0.5) is 5.69 Å². The molecule has 0 bridgehead atoms. The van der Waals surface area contributed by atoms with Crippen LogP contribution in [0.3, 0.4) is 0 Å². The van der Waals surface area contributed by atoms with Crippen LogP contribution in [-0.4, -0.2) is 45.4 Å². The third kappa shape index (κ3) is 7.16. The maximum Gasteiger partial charge on any atom is 0.264 e. The number of carbonyl (C=O) groups excluding carboxylic acids is 1. The summed E-state index contributed by atoms with van der Waals surface area (Å²) in [5, 5.41) is 3.47. The van der Waals surface area contributed by atoms with Crippen molar-refractivity contribution in [3.8, 4) is 0 Å². The zero-order chi connectivity index (χ0) is 27.1. The molecule has 0 saturated carbocycles. The van der Waals surface area contributed by atoms with E-state index in [1.54, 1.807) is 66.7 Å². The third-order valence-electron chi connectivity index (χ3n) is 7.13. The van der Waals surface area contributed by atoms with Gasteiger partial charge < -0.3 is 10.2 Å².